The van der Waals surface area contributed by atoms with Crippen molar-refractivity contribution in [3.8, 4) is 5.75 Å². The molecule has 0 saturated carbocycles. The lowest BCUT2D eigenvalue weighted by atomic mass is 9.99. The van der Waals surface area contributed by atoms with Crippen molar-refractivity contribution in [2.45, 2.75) is 46.2 Å². The van der Waals surface area contributed by atoms with Gasteiger partial charge in [-0.3, -0.25) is 0 Å². The van der Waals surface area contributed by atoms with E-state index < -0.39 is 0 Å². The third-order valence-corrected chi connectivity index (χ3v) is 3.57. The molecule has 3 heteroatoms. The van der Waals surface area contributed by atoms with Gasteiger partial charge in [0.1, 0.15) is 5.75 Å². The molecule has 18 heavy (non-hydrogen) atoms. The summed E-state index contributed by atoms with van der Waals surface area (Å²) < 4.78 is 5.36. The number of methoxy groups -OCH3 is 1. The standard InChI is InChI=1S/C15H25NO2/c1-6-15(4,10-17)16-9-13-7-11(2)14(18-5)12(3)8-13/h7-8,16-17H,6,9-10H2,1-5H3. The fraction of sp³-hybridized carbons (Fsp3) is 0.600. The molecule has 1 rings (SSSR count). The maximum Gasteiger partial charge on any atom is 0.124 e. The number of hydrogen-bond acceptors (Lipinski definition) is 3. The van der Waals surface area contributed by atoms with Crippen LogP contribution in [0.25, 0.3) is 0 Å². The molecule has 1 aromatic carbocycles. The van der Waals surface area contributed by atoms with Crippen LogP contribution in [0.5, 0.6) is 5.75 Å². The molecule has 0 bridgehead atoms. The highest BCUT2D eigenvalue weighted by atomic mass is 16.5. The van der Waals surface area contributed by atoms with Gasteiger partial charge in [0.25, 0.3) is 0 Å². The summed E-state index contributed by atoms with van der Waals surface area (Å²) in [7, 11) is 1.70. The van der Waals surface area contributed by atoms with Gasteiger partial charge in [0.05, 0.1) is 13.7 Å². The van der Waals surface area contributed by atoms with E-state index in [2.05, 4.69) is 38.2 Å². The minimum Gasteiger partial charge on any atom is -0.496 e. The van der Waals surface area contributed by atoms with Gasteiger partial charge < -0.3 is 15.2 Å². The summed E-state index contributed by atoms with van der Waals surface area (Å²) in [6.45, 7) is 9.14. The number of benzene rings is 1. The van der Waals surface area contributed by atoms with E-state index >= 15 is 0 Å². The fourth-order valence-electron chi connectivity index (χ4n) is 2.07. The highest BCUT2D eigenvalue weighted by Crippen LogP contribution is 2.24. The Kier molecular flexibility index (Phi) is 5.17. The summed E-state index contributed by atoms with van der Waals surface area (Å²) in [6.07, 6.45) is 0.900. The molecule has 1 atom stereocenters. The van der Waals surface area contributed by atoms with E-state index in [1.54, 1.807) is 7.11 Å². The van der Waals surface area contributed by atoms with Crippen molar-refractivity contribution in [3.63, 3.8) is 0 Å². The molecule has 0 amide bonds. The number of aliphatic hydroxyl groups is 1. The second-order valence-corrected chi connectivity index (χ2v) is 5.19. The van der Waals surface area contributed by atoms with E-state index in [0.717, 1.165) is 29.8 Å². The Morgan fingerprint density at radius 2 is 1.83 bits per heavy atom. The summed E-state index contributed by atoms with van der Waals surface area (Å²) in [5, 5.41) is 12.8. The Hall–Kier alpha value is -1.06. The van der Waals surface area contributed by atoms with Crippen molar-refractivity contribution in [1.29, 1.82) is 0 Å². The molecule has 1 aromatic rings. The van der Waals surface area contributed by atoms with Gasteiger partial charge in [-0.05, 0) is 43.9 Å². The summed E-state index contributed by atoms with van der Waals surface area (Å²) in [5.74, 6) is 0.958. The second kappa shape index (κ2) is 6.21. The van der Waals surface area contributed by atoms with Crippen LogP contribution in [0.15, 0.2) is 12.1 Å². The topological polar surface area (TPSA) is 41.5 Å². The number of rotatable bonds is 6. The molecule has 0 aliphatic carbocycles. The molecule has 2 N–H and O–H groups in total. The Morgan fingerprint density at radius 3 is 2.22 bits per heavy atom. The second-order valence-electron chi connectivity index (χ2n) is 5.19. The number of aryl methyl sites for hydroxylation is 2. The summed E-state index contributed by atoms with van der Waals surface area (Å²) in [4.78, 5) is 0. The predicted octanol–water partition coefficient (Wildman–Crippen LogP) is 2.56. The maximum absolute atomic E-state index is 9.37. The highest BCUT2D eigenvalue weighted by molar-refractivity contribution is 5.43. The minimum absolute atomic E-state index is 0.150. The van der Waals surface area contributed by atoms with Crippen LogP contribution in [0, 0.1) is 13.8 Å². The van der Waals surface area contributed by atoms with Gasteiger partial charge in [-0.2, -0.15) is 0 Å². The lowest BCUT2D eigenvalue weighted by Crippen LogP contribution is -2.44. The average Bonchev–Trinajstić information content (AvgIpc) is 2.36. The van der Waals surface area contributed by atoms with Gasteiger partial charge in [0.15, 0.2) is 0 Å². The first-order valence-electron chi connectivity index (χ1n) is 6.45. The van der Waals surface area contributed by atoms with Crippen LogP contribution in [-0.4, -0.2) is 24.4 Å². The quantitative estimate of drug-likeness (QED) is 0.816. The lowest BCUT2D eigenvalue weighted by Gasteiger charge is -2.27. The maximum atomic E-state index is 9.37. The SMILES string of the molecule is CCC(C)(CO)NCc1cc(C)c(OC)c(C)c1. The summed E-state index contributed by atoms with van der Waals surface area (Å²) >= 11 is 0. The van der Waals surface area contributed by atoms with Crippen molar-refractivity contribution in [2.24, 2.45) is 0 Å². The molecule has 102 valence electrons. The first kappa shape index (κ1) is 15.0. The van der Waals surface area contributed by atoms with Crippen molar-refractivity contribution < 1.29 is 9.84 Å². The third kappa shape index (κ3) is 3.47. The van der Waals surface area contributed by atoms with Gasteiger partial charge in [-0.1, -0.05) is 19.1 Å². The van der Waals surface area contributed by atoms with E-state index in [-0.39, 0.29) is 12.1 Å². The third-order valence-electron chi connectivity index (χ3n) is 3.57. The number of aliphatic hydroxyl groups excluding tert-OH is 1. The molecule has 0 fully saturated rings. The molecule has 1 unspecified atom stereocenters. The molecule has 0 aliphatic heterocycles. The Labute approximate surface area is 110 Å². The zero-order valence-electron chi connectivity index (χ0n) is 12.1. The van der Waals surface area contributed by atoms with Crippen LogP contribution in [0.1, 0.15) is 37.0 Å². The molecular weight excluding hydrogens is 226 g/mol. The minimum atomic E-state index is -0.207. The van der Waals surface area contributed by atoms with E-state index in [9.17, 15) is 5.11 Å². The molecule has 0 aromatic heterocycles. The highest BCUT2D eigenvalue weighted by Gasteiger charge is 2.19. The van der Waals surface area contributed by atoms with Crippen LogP contribution in [0.3, 0.4) is 0 Å². The first-order valence-corrected chi connectivity index (χ1v) is 6.45. The van der Waals surface area contributed by atoms with Crippen molar-refractivity contribution in [1.82, 2.24) is 5.32 Å². The Bertz CT molecular complexity index is 374. The molecule has 0 spiro atoms. The lowest BCUT2D eigenvalue weighted by molar-refractivity contribution is 0.169. The Balaban J connectivity index is 2.81. The summed E-state index contributed by atoms with van der Waals surface area (Å²) in [6, 6.07) is 4.26. The molecular formula is C15H25NO2. The van der Waals surface area contributed by atoms with Crippen molar-refractivity contribution >= 4 is 0 Å². The number of ether oxygens (including phenoxy) is 1. The van der Waals surface area contributed by atoms with Crippen molar-refractivity contribution in [2.75, 3.05) is 13.7 Å². The molecule has 3 nitrogen and oxygen atoms in total. The zero-order chi connectivity index (χ0) is 13.8. The average molecular weight is 251 g/mol. The van der Waals surface area contributed by atoms with E-state index in [0.29, 0.717) is 0 Å². The first-order chi connectivity index (χ1) is 8.45. The van der Waals surface area contributed by atoms with Gasteiger partial charge in [0.2, 0.25) is 0 Å². The molecule has 0 saturated heterocycles. The van der Waals surface area contributed by atoms with Crippen LogP contribution in [0.2, 0.25) is 0 Å². The van der Waals surface area contributed by atoms with Gasteiger partial charge in [-0.15, -0.1) is 0 Å². The van der Waals surface area contributed by atoms with E-state index in [4.69, 9.17) is 4.74 Å². The van der Waals surface area contributed by atoms with Crippen LogP contribution in [0.4, 0.5) is 0 Å². The van der Waals surface area contributed by atoms with E-state index in [1.165, 1.54) is 5.56 Å². The normalized spacial score (nSPS) is 14.3. The van der Waals surface area contributed by atoms with Crippen LogP contribution in [-0.2, 0) is 6.54 Å². The Morgan fingerprint density at radius 1 is 1.28 bits per heavy atom. The number of hydrogen-bond donors (Lipinski definition) is 2. The zero-order valence-corrected chi connectivity index (χ0v) is 12.1. The van der Waals surface area contributed by atoms with Crippen LogP contribution >= 0.6 is 0 Å². The largest absolute Gasteiger partial charge is 0.496 e. The summed E-state index contributed by atoms with van der Waals surface area (Å²) in [5.41, 5.74) is 3.31. The smallest absolute Gasteiger partial charge is 0.124 e. The van der Waals surface area contributed by atoms with E-state index in [1.807, 2.05) is 6.92 Å². The monoisotopic (exact) mass is 251 g/mol. The molecule has 0 radical (unpaired) electrons. The molecule has 0 heterocycles. The number of nitrogens with one attached hydrogen (secondary N) is 1. The van der Waals surface area contributed by atoms with Gasteiger partial charge in [-0.25, -0.2) is 0 Å². The van der Waals surface area contributed by atoms with Crippen LogP contribution < -0.4 is 10.1 Å². The predicted molar refractivity (Wildman–Crippen MR) is 75.1 cm³/mol. The molecule has 0 aliphatic rings. The fourth-order valence-corrected chi connectivity index (χ4v) is 2.07. The van der Waals surface area contributed by atoms with Gasteiger partial charge >= 0.3 is 0 Å². The van der Waals surface area contributed by atoms with Gasteiger partial charge in [0, 0.05) is 12.1 Å². The van der Waals surface area contributed by atoms with Crippen molar-refractivity contribution in [3.05, 3.63) is 28.8 Å².